The van der Waals surface area contributed by atoms with Crippen molar-refractivity contribution in [3.63, 3.8) is 0 Å². The molecule has 1 heterocycles. The number of carbonyl (C=O) groups excluding carboxylic acids is 2. The molecule has 2 atom stereocenters. The quantitative estimate of drug-likeness (QED) is 0.745. The maximum Gasteiger partial charge on any atom is 0.450 e. The Bertz CT molecular complexity index is 734. The highest BCUT2D eigenvalue weighted by molar-refractivity contribution is 5.91. The molecule has 2 unspecified atom stereocenters. The second-order valence-corrected chi connectivity index (χ2v) is 8.49. The number of Topliss-reactive ketones (excluding diaryl/α,β-unsaturated/α-hetero) is 1. The molecule has 2 N–H and O–H groups in total. The number of benzene rings is 1. The molecule has 0 radical (unpaired) electrons. The fraction of sp³-hybridized carbons (Fsp3) is 0.619. The monoisotopic (exact) mass is 430 g/mol. The van der Waals surface area contributed by atoms with Crippen molar-refractivity contribution in [1.82, 2.24) is 4.90 Å². The summed E-state index contributed by atoms with van der Waals surface area (Å²) in [5, 5.41) is 0. The number of likely N-dealkylation sites (tertiary alicyclic amines) is 1. The van der Waals surface area contributed by atoms with E-state index in [0.717, 1.165) is 10.5 Å². The van der Waals surface area contributed by atoms with Gasteiger partial charge in [-0.15, -0.1) is 0 Å². The summed E-state index contributed by atoms with van der Waals surface area (Å²) in [4.78, 5) is 26.4. The maximum atomic E-state index is 13.6. The highest BCUT2D eigenvalue weighted by Gasteiger charge is 2.59. The molecule has 1 saturated heterocycles. The number of halogens is 3. The molecule has 2 rings (SSSR count). The zero-order valence-electron chi connectivity index (χ0n) is 17.5. The average molecular weight is 430 g/mol. The number of piperidine rings is 1. The van der Waals surface area contributed by atoms with E-state index in [-0.39, 0.29) is 32.5 Å². The lowest BCUT2D eigenvalue weighted by Gasteiger charge is -2.48. The summed E-state index contributed by atoms with van der Waals surface area (Å²) in [6, 6.07) is 7.72. The number of ether oxygens (including phenoxy) is 2. The van der Waals surface area contributed by atoms with Gasteiger partial charge < -0.3 is 20.1 Å². The minimum absolute atomic E-state index is 0.0391. The van der Waals surface area contributed by atoms with Crippen molar-refractivity contribution in [3.8, 4) is 0 Å². The van der Waals surface area contributed by atoms with Crippen LogP contribution in [-0.4, -0.2) is 54.3 Å². The van der Waals surface area contributed by atoms with Gasteiger partial charge in [0.1, 0.15) is 5.60 Å². The number of carbonyl (C=O) groups is 2. The van der Waals surface area contributed by atoms with E-state index in [2.05, 4.69) is 0 Å². The summed E-state index contributed by atoms with van der Waals surface area (Å²) in [7, 11) is 0. The molecule has 1 amide bonds. The van der Waals surface area contributed by atoms with Crippen molar-refractivity contribution in [3.05, 3.63) is 35.9 Å². The van der Waals surface area contributed by atoms with Crippen molar-refractivity contribution in [2.45, 2.75) is 58.0 Å². The van der Waals surface area contributed by atoms with Crippen LogP contribution < -0.4 is 5.73 Å². The van der Waals surface area contributed by atoms with Crippen molar-refractivity contribution in [1.29, 1.82) is 0 Å². The fourth-order valence-corrected chi connectivity index (χ4v) is 3.78. The van der Waals surface area contributed by atoms with Crippen LogP contribution in [0.5, 0.6) is 0 Å². The number of amides is 1. The summed E-state index contributed by atoms with van der Waals surface area (Å²) < 4.78 is 51.6. The van der Waals surface area contributed by atoms with E-state index in [4.69, 9.17) is 15.2 Å². The topological polar surface area (TPSA) is 81.9 Å². The Kier molecular flexibility index (Phi) is 7.52. The van der Waals surface area contributed by atoms with E-state index in [1.54, 1.807) is 45.0 Å². The molecule has 0 saturated carbocycles. The second kappa shape index (κ2) is 9.34. The van der Waals surface area contributed by atoms with Gasteiger partial charge in [-0.1, -0.05) is 30.3 Å². The minimum Gasteiger partial charge on any atom is -0.444 e. The number of nitrogens with zero attached hydrogens (tertiary/aromatic N) is 1. The van der Waals surface area contributed by atoms with E-state index in [9.17, 15) is 22.8 Å². The molecule has 0 bridgehead atoms. The van der Waals surface area contributed by atoms with Crippen molar-refractivity contribution >= 4 is 11.9 Å². The van der Waals surface area contributed by atoms with Gasteiger partial charge in [0.15, 0.2) is 0 Å². The third-order valence-corrected chi connectivity index (χ3v) is 5.07. The van der Waals surface area contributed by atoms with Crippen molar-refractivity contribution < 1.29 is 32.2 Å². The molecule has 168 valence electrons. The highest BCUT2D eigenvalue weighted by atomic mass is 19.4. The molecule has 1 aliphatic rings. The van der Waals surface area contributed by atoms with Gasteiger partial charge in [0.25, 0.3) is 0 Å². The van der Waals surface area contributed by atoms with Gasteiger partial charge >= 0.3 is 12.3 Å². The summed E-state index contributed by atoms with van der Waals surface area (Å²) in [6.45, 7) is 4.34. The third kappa shape index (κ3) is 5.72. The molecule has 1 aliphatic heterocycles. The molecule has 6 nitrogen and oxygen atoms in total. The fourth-order valence-electron chi connectivity index (χ4n) is 3.78. The van der Waals surface area contributed by atoms with Gasteiger partial charge in [0.05, 0.1) is 24.7 Å². The maximum absolute atomic E-state index is 13.6. The summed E-state index contributed by atoms with van der Waals surface area (Å²) in [5.74, 6) is -1.92. The number of hydrogen-bond acceptors (Lipinski definition) is 5. The zero-order chi connectivity index (χ0) is 22.6. The van der Waals surface area contributed by atoms with Gasteiger partial charge in [-0.3, -0.25) is 4.79 Å². The molecule has 1 aromatic rings. The highest BCUT2D eigenvalue weighted by Crippen LogP contribution is 2.42. The molecule has 9 heteroatoms. The van der Waals surface area contributed by atoms with E-state index >= 15 is 0 Å². The minimum atomic E-state index is -5.08. The Hall–Kier alpha value is -2.13. The first-order chi connectivity index (χ1) is 13.9. The molecule has 1 aromatic carbocycles. The molecule has 0 aliphatic carbocycles. The number of ketones is 1. The Morgan fingerprint density at radius 1 is 1.20 bits per heavy atom. The summed E-state index contributed by atoms with van der Waals surface area (Å²) in [6.07, 6.45) is -5.76. The average Bonchev–Trinajstić information content (AvgIpc) is 2.65. The molecular formula is C21H29F3N2O4. The van der Waals surface area contributed by atoms with Gasteiger partial charge in [-0.25, -0.2) is 4.79 Å². The molecular weight excluding hydrogens is 401 g/mol. The van der Waals surface area contributed by atoms with E-state index in [1.807, 2.05) is 6.07 Å². The molecule has 0 spiro atoms. The summed E-state index contributed by atoms with van der Waals surface area (Å²) in [5.41, 5.74) is 3.74. The van der Waals surface area contributed by atoms with Gasteiger partial charge in [-0.05, 0) is 39.2 Å². The van der Waals surface area contributed by atoms with Crippen LogP contribution in [0.25, 0.3) is 0 Å². The van der Waals surface area contributed by atoms with Crippen LogP contribution in [0.2, 0.25) is 0 Å². The first-order valence-electron chi connectivity index (χ1n) is 9.84. The van der Waals surface area contributed by atoms with Crippen LogP contribution in [0.15, 0.2) is 30.3 Å². The predicted octanol–water partition coefficient (Wildman–Crippen LogP) is 3.68. The lowest BCUT2D eigenvalue weighted by atomic mass is 9.70. The van der Waals surface area contributed by atoms with E-state index in [0.29, 0.717) is 0 Å². The van der Waals surface area contributed by atoms with Gasteiger partial charge in [0.2, 0.25) is 5.78 Å². The van der Waals surface area contributed by atoms with Crippen LogP contribution >= 0.6 is 0 Å². The normalized spacial score (nSPS) is 22.6. The molecule has 30 heavy (non-hydrogen) atoms. The number of nitrogens with two attached hydrogens (primary N) is 1. The Labute approximate surface area is 174 Å². The Morgan fingerprint density at radius 3 is 2.37 bits per heavy atom. The van der Waals surface area contributed by atoms with Gasteiger partial charge in [-0.2, -0.15) is 13.2 Å². The first kappa shape index (κ1) is 24.1. The second-order valence-electron chi connectivity index (χ2n) is 8.49. The lowest BCUT2D eigenvalue weighted by molar-refractivity contribution is -0.193. The van der Waals surface area contributed by atoms with Crippen LogP contribution in [0, 0.1) is 5.41 Å². The van der Waals surface area contributed by atoms with Crippen molar-refractivity contribution in [2.75, 3.05) is 19.7 Å². The molecule has 1 fully saturated rings. The largest absolute Gasteiger partial charge is 0.450 e. The smallest absolute Gasteiger partial charge is 0.444 e. The van der Waals surface area contributed by atoms with Crippen molar-refractivity contribution in [2.24, 2.45) is 11.1 Å². The number of hydrogen-bond donors (Lipinski definition) is 1. The standard InChI is InChI=1S/C21H29F3N2O4/c1-19(2,3)30-18(28)26-11-7-10-20(16(26)12-25,17(27)21(22,23)24)14-29-13-15-8-5-4-6-9-15/h4-6,8-9,16H,7,10-14,25H2,1-3H3. The molecule has 0 aromatic heterocycles. The lowest BCUT2D eigenvalue weighted by Crippen LogP contribution is -2.64. The Balaban J connectivity index is 2.32. The Morgan fingerprint density at radius 2 is 1.83 bits per heavy atom. The van der Waals surface area contributed by atoms with E-state index < -0.39 is 41.7 Å². The number of rotatable bonds is 6. The first-order valence-corrected chi connectivity index (χ1v) is 9.84. The SMILES string of the molecule is CC(C)(C)OC(=O)N1CCCC(COCc2ccccc2)(C(=O)C(F)(F)F)C1CN. The summed E-state index contributed by atoms with van der Waals surface area (Å²) >= 11 is 0. The third-order valence-electron chi connectivity index (χ3n) is 5.07. The number of alkyl halides is 3. The van der Waals surface area contributed by atoms with E-state index in [1.165, 1.54) is 0 Å². The predicted molar refractivity (Wildman–Crippen MR) is 105 cm³/mol. The van der Waals surface area contributed by atoms with Crippen LogP contribution in [-0.2, 0) is 20.9 Å². The zero-order valence-corrected chi connectivity index (χ0v) is 17.5. The van der Waals surface area contributed by atoms with Crippen LogP contribution in [0.4, 0.5) is 18.0 Å². The van der Waals surface area contributed by atoms with Crippen LogP contribution in [0.3, 0.4) is 0 Å². The van der Waals surface area contributed by atoms with Crippen LogP contribution in [0.1, 0.15) is 39.2 Å². The van der Waals surface area contributed by atoms with Gasteiger partial charge in [0, 0.05) is 13.1 Å².